The van der Waals surface area contributed by atoms with E-state index in [4.69, 9.17) is 4.74 Å². The molecule has 0 aromatic heterocycles. The van der Waals surface area contributed by atoms with Crippen LogP contribution in [-0.4, -0.2) is 25.1 Å². The normalized spacial score (nSPS) is 18.7. The van der Waals surface area contributed by atoms with E-state index in [2.05, 4.69) is 23.6 Å². The Morgan fingerprint density at radius 3 is 3.11 bits per heavy atom. The van der Waals surface area contributed by atoms with Crippen LogP contribution in [0.5, 0.6) is 5.75 Å². The van der Waals surface area contributed by atoms with Crippen molar-refractivity contribution in [2.45, 2.75) is 32.4 Å². The summed E-state index contributed by atoms with van der Waals surface area (Å²) in [7, 11) is 0. The Hall–Kier alpha value is -1.55. The molecule has 1 aromatic carbocycles. The number of amides is 1. The summed E-state index contributed by atoms with van der Waals surface area (Å²) in [5, 5.41) is 6.19. The molecule has 1 atom stereocenters. The molecular formula is C14H20N2O2. The van der Waals surface area contributed by atoms with Crippen LogP contribution in [0, 0.1) is 0 Å². The molecule has 4 nitrogen and oxygen atoms in total. The Balaban J connectivity index is 1.83. The van der Waals surface area contributed by atoms with Crippen LogP contribution >= 0.6 is 0 Å². The molecule has 2 N–H and O–H groups in total. The zero-order valence-electron chi connectivity index (χ0n) is 10.7. The van der Waals surface area contributed by atoms with Gasteiger partial charge >= 0.3 is 0 Å². The number of benzene rings is 1. The summed E-state index contributed by atoms with van der Waals surface area (Å²) in [6.07, 6.45) is 1.59. The molecule has 1 saturated heterocycles. The largest absolute Gasteiger partial charge is 0.494 e. The molecule has 1 aromatic rings. The van der Waals surface area contributed by atoms with Gasteiger partial charge in [-0.15, -0.1) is 0 Å². The maximum absolute atomic E-state index is 11.1. The van der Waals surface area contributed by atoms with Crippen molar-refractivity contribution >= 4 is 5.91 Å². The van der Waals surface area contributed by atoms with E-state index < -0.39 is 0 Å². The molecule has 0 spiro atoms. The molecule has 1 unspecified atom stereocenters. The van der Waals surface area contributed by atoms with E-state index in [0.717, 1.165) is 31.9 Å². The van der Waals surface area contributed by atoms with Gasteiger partial charge in [0.2, 0.25) is 5.91 Å². The Morgan fingerprint density at radius 2 is 2.39 bits per heavy atom. The Kier molecular flexibility index (Phi) is 4.59. The fourth-order valence-corrected chi connectivity index (χ4v) is 1.98. The lowest BCUT2D eigenvalue weighted by Crippen LogP contribution is -2.30. The van der Waals surface area contributed by atoms with Crippen LogP contribution < -0.4 is 15.4 Å². The molecule has 2 rings (SSSR count). The highest BCUT2D eigenvalue weighted by atomic mass is 16.5. The molecule has 1 amide bonds. The minimum Gasteiger partial charge on any atom is -0.494 e. The second-order valence-electron chi connectivity index (χ2n) is 4.58. The average Bonchev–Trinajstić information content (AvgIpc) is 2.80. The Labute approximate surface area is 108 Å². The summed E-state index contributed by atoms with van der Waals surface area (Å²) in [6.45, 7) is 4.33. The molecule has 1 heterocycles. The second kappa shape index (κ2) is 6.40. The second-order valence-corrected chi connectivity index (χ2v) is 4.58. The van der Waals surface area contributed by atoms with Crippen LogP contribution in [0.2, 0.25) is 0 Å². The van der Waals surface area contributed by atoms with Crippen LogP contribution in [0.25, 0.3) is 0 Å². The highest BCUT2D eigenvalue weighted by molar-refractivity contribution is 5.78. The van der Waals surface area contributed by atoms with Crippen LogP contribution in [0.4, 0.5) is 0 Å². The number of hydrogen-bond donors (Lipinski definition) is 2. The van der Waals surface area contributed by atoms with Gasteiger partial charge in [-0.3, -0.25) is 4.79 Å². The van der Waals surface area contributed by atoms with E-state index in [1.54, 1.807) is 0 Å². The van der Waals surface area contributed by atoms with Crippen molar-refractivity contribution in [3.8, 4) is 5.75 Å². The number of rotatable bonds is 6. The average molecular weight is 248 g/mol. The van der Waals surface area contributed by atoms with Gasteiger partial charge in [0.15, 0.2) is 0 Å². The van der Waals surface area contributed by atoms with Gasteiger partial charge in [-0.05, 0) is 24.1 Å². The van der Waals surface area contributed by atoms with Crippen molar-refractivity contribution in [2.75, 3.05) is 13.2 Å². The molecule has 18 heavy (non-hydrogen) atoms. The number of ether oxygens (including phenoxy) is 1. The van der Waals surface area contributed by atoms with Gasteiger partial charge in [0, 0.05) is 25.6 Å². The first-order chi connectivity index (χ1) is 8.78. The summed E-state index contributed by atoms with van der Waals surface area (Å²) < 4.78 is 5.59. The van der Waals surface area contributed by atoms with Gasteiger partial charge in [-0.25, -0.2) is 0 Å². The molecule has 98 valence electrons. The Bertz CT molecular complexity index is 407. The van der Waals surface area contributed by atoms with Gasteiger partial charge in [0.25, 0.3) is 0 Å². The first-order valence-corrected chi connectivity index (χ1v) is 6.49. The molecule has 0 radical (unpaired) electrons. The first-order valence-electron chi connectivity index (χ1n) is 6.49. The zero-order chi connectivity index (χ0) is 12.8. The van der Waals surface area contributed by atoms with E-state index >= 15 is 0 Å². The highest BCUT2D eigenvalue weighted by Gasteiger charge is 2.20. The van der Waals surface area contributed by atoms with Crippen LogP contribution in [-0.2, 0) is 11.3 Å². The lowest BCUT2D eigenvalue weighted by molar-refractivity contribution is -0.119. The predicted octanol–water partition coefficient (Wildman–Crippen LogP) is 1.45. The number of carbonyl (C=O) groups excluding carboxylic acids is 1. The lowest BCUT2D eigenvalue weighted by Gasteiger charge is -2.11. The van der Waals surface area contributed by atoms with E-state index in [0.29, 0.717) is 6.42 Å². The van der Waals surface area contributed by atoms with Gasteiger partial charge in [-0.1, -0.05) is 19.1 Å². The fraction of sp³-hybridized carbons (Fsp3) is 0.500. The van der Waals surface area contributed by atoms with Crippen LogP contribution in [0.15, 0.2) is 24.3 Å². The van der Waals surface area contributed by atoms with Crippen LogP contribution in [0.1, 0.15) is 25.3 Å². The topological polar surface area (TPSA) is 50.4 Å². The third kappa shape index (κ3) is 3.74. The first kappa shape index (κ1) is 12.9. The van der Waals surface area contributed by atoms with Crippen molar-refractivity contribution in [3.05, 3.63) is 29.8 Å². The smallest absolute Gasteiger partial charge is 0.221 e. The lowest BCUT2D eigenvalue weighted by atomic mass is 10.2. The summed E-state index contributed by atoms with van der Waals surface area (Å²) in [5.41, 5.74) is 1.18. The fourth-order valence-electron chi connectivity index (χ4n) is 1.98. The molecule has 1 aliphatic heterocycles. The molecule has 0 saturated carbocycles. The summed E-state index contributed by atoms with van der Waals surface area (Å²) >= 11 is 0. The van der Waals surface area contributed by atoms with E-state index in [1.165, 1.54) is 5.56 Å². The quantitative estimate of drug-likeness (QED) is 0.801. The molecule has 1 aliphatic rings. The van der Waals surface area contributed by atoms with Crippen molar-refractivity contribution in [1.29, 1.82) is 0 Å². The SMILES string of the molecule is CCCOc1cccc(CNC2CNC(=O)C2)c1. The number of nitrogens with one attached hydrogen (secondary N) is 2. The maximum Gasteiger partial charge on any atom is 0.221 e. The maximum atomic E-state index is 11.1. The molecule has 0 aliphatic carbocycles. The predicted molar refractivity (Wildman–Crippen MR) is 70.5 cm³/mol. The van der Waals surface area contributed by atoms with E-state index in [9.17, 15) is 4.79 Å². The summed E-state index contributed by atoms with van der Waals surface area (Å²) in [5.74, 6) is 1.05. The van der Waals surface area contributed by atoms with Crippen molar-refractivity contribution in [3.63, 3.8) is 0 Å². The third-order valence-corrected chi connectivity index (χ3v) is 2.94. The van der Waals surface area contributed by atoms with Crippen molar-refractivity contribution in [1.82, 2.24) is 10.6 Å². The van der Waals surface area contributed by atoms with Gasteiger partial charge in [0.05, 0.1) is 6.61 Å². The van der Waals surface area contributed by atoms with E-state index in [-0.39, 0.29) is 11.9 Å². The monoisotopic (exact) mass is 248 g/mol. The summed E-state index contributed by atoms with van der Waals surface area (Å²) in [4.78, 5) is 11.1. The summed E-state index contributed by atoms with van der Waals surface area (Å²) in [6, 6.07) is 8.33. The van der Waals surface area contributed by atoms with Gasteiger partial charge in [-0.2, -0.15) is 0 Å². The molecule has 0 bridgehead atoms. The number of carbonyl (C=O) groups is 1. The minimum absolute atomic E-state index is 0.132. The van der Waals surface area contributed by atoms with Crippen molar-refractivity contribution in [2.24, 2.45) is 0 Å². The Morgan fingerprint density at radius 1 is 1.50 bits per heavy atom. The number of hydrogen-bond acceptors (Lipinski definition) is 3. The molecule has 4 heteroatoms. The van der Waals surface area contributed by atoms with Gasteiger partial charge in [0.1, 0.15) is 5.75 Å². The van der Waals surface area contributed by atoms with Crippen molar-refractivity contribution < 1.29 is 9.53 Å². The molecular weight excluding hydrogens is 228 g/mol. The molecule has 1 fully saturated rings. The van der Waals surface area contributed by atoms with Crippen LogP contribution in [0.3, 0.4) is 0 Å². The third-order valence-electron chi connectivity index (χ3n) is 2.94. The highest BCUT2D eigenvalue weighted by Crippen LogP contribution is 2.14. The van der Waals surface area contributed by atoms with Gasteiger partial charge < -0.3 is 15.4 Å². The standard InChI is InChI=1S/C14H20N2O2/c1-2-6-18-13-5-3-4-11(7-13)9-15-12-8-14(17)16-10-12/h3-5,7,12,15H,2,6,8-10H2,1H3,(H,16,17). The zero-order valence-corrected chi connectivity index (χ0v) is 10.7. The van der Waals surface area contributed by atoms with E-state index in [1.807, 2.05) is 18.2 Å². The minimum atomic E-state index is 0.132.